The van der Waals surface area contributed by atoms with Gasteiger partial charge in [0.25, 0.3) is 0 Å². The van der Waals surface area contributed by atoms with Gasteiger partial charge in [0.1, 0.15) is 0 Å². The molecular weight excluding hydrogens is 425 g/mol. The van der Waals surface area contributed by atoms with E-state index in [0.29, 0.717) is 6.61 Å². The number of benzene rings is 1. The molecule has 0 atom stereocenters. The normalized spacial score (nSPS) is 13.2. The maximum atomic E-state index is 6.41. The average Bonchev–Trinajstić information content (AvgIpc) is 2.53. The summed E-state index contributed by atoms with van der Waals surface area (Å²) in [5.41, 5.74) is 3.43. The summed E-state index contributed by atoms with van der Waals surface area (Å²) in [5, 5.41) is 0.221. The fourth-order valence-electron chi connectivity index (χ4n) is 2.02. The van der Waals surface area contributed by atoms with E-state index in [2.05, 4.69) is 91.8 Å². The second-order valence-electron chi connectivity index (χ2n) is 7.45. The minimum atomic E-state index is -1.75. The van der Waals surface area contributed by atoms with Gasteiger partial charge in [0.05, 0.1) is 12.3 Å². The summed E-state index contributed by atoms with van der Waals surface area (Å²) in [6.45, 7) is 12.1. The van der Waals surface area contributed by atoms with Gasteiger partial charge < -0.3 is 4.43 Å². The summed E-state index contributed by atoms with van der Waals surface area (Å²) >= 11 is 2.39. The largest absolute Gasteiger partial charge is 0.413 e. The number of aromatic nitrogens is 1. The Morgan fingerprint density at radius 2 is 1.79 bits per heavy atom. The van der Waals surface area contributed by atoms with Crippen LogP contribution in [0.25, 0.3) is 9.66 Å². The molecule has 0 saturated heterocycles. The van der Waals surface area contributed by atoms with Crippen molar-refractivity contribution in [1.29, 1.82) is 0 Å². The quantitative estimate of drug-likeness (QED) is 0.381. The molecule has 0 unspecified atom stereocenters. The Morgan fingerprint density at radius 1 is 1.12 bits per heavy atom. The Labute approximate surface area is 160 Å². The molecule has 0 N–H and O–H groups in total. The van der Waals surface area contributed by atoms with Gasteiger partial charge in [0.2, 0.25) is 0 Å². The number of hydrogen-bond acceptors (Lipinski definition) is 2. The van der Waals surface area contributed by atoms with E-state index in [9.17, 15) is 0 Å². The van der Waals surface area contributed by atoms with Crippen molar-refractivity contribution in [2.24, 2.45) is 0 Å². The third-order valence-electron chi connectivity index (χ3n) is 4.63. The lowest BCUT2D eigenvalue weighted by Gasteiger charge is -2.36. The highest BCUT2D eigenvalue weighted by atomic mass is 127. The van der Waals surface area contributed by atoms with Crippen LogP contribution < -0.4 is 0 Å². The molecular formula is C20H26INOSi. The SMILES string of the molecule is CC(C)(C)[Si](C)(C)OCc1ccccc1/C(I)=C\c1ccccn1. The van der Waals surface area contributed by atoms with Gasteiger partial charge in [-0.15, -0.1) is 0 Å². The lowest BCUT2D eigenvalue weighted by molar-refractivity contribution is 0.276. The highest BCUT2D eigenvalue weighted by Gasteiger charge is 2.37. The Hall–Kier alpha value is -0.983. The molecule has 4 heteroatoms. The molecule has 1 aromatic heterocycles. The molecule has 1 heterocycles. The van der Waals surface area contributed by atoms with Gasteiger partial charge in [-0.25, -0.2) is 0 Å². The summed E-state index contributed by atoms with van der Waals surface area (Å²) < 4.78 is 7.59. The molecule has 2 aromatic rings. The smallest absolute Gasteiger partial charge is 0.192 e. The molecule has 0 fully saturated rings. The molecule has 0 aliphatic rings. The van der Waals surface area contributed by atoms with Crippen molar-refractivity contribution in [2.45, 2.75) is 45.5 Å². The van der Waals surface area contributed by atoms with Crippen LogP contribution in [0.4, 0.5) is 0 Å². The van der Waals surface area contributed by atoms with Crippen molar-refractivity contribution >= 4 is 40.6 Å². The maximum Gasteiger partial charge on any atom is 0.192 e. The van der Waals surface area contributed by atoms with E-state index in [-0.39, 0.29) is 5.04 Å². The fraction of sp³-hybridized carbons (Fsp3) is 0.350. The lowest BCUT2D eigenvalue weighted by atomic mass is 10.1. The van der Waals surface area contributed by atoms with Crippen LogP contribution in [-0.4, -0.2) is 13.3 Å². The van der Waals surface area contributed by atoms with Crippen molar-refractivity contribution in [3.8, 4) is 0 Å². The van der Waals surface area contributed by atoms with Crippen LogP contribution in [0.5, 0.6) is 0 Å². The van der Waals surface area contributed by atoms with E-state index in [1.54, 1.807) is 0 Å². The zero-order valence-corrected chi connectivity index (χ0v) is 18.3. The predicted octanol–water partition coefficient (Wildman–Crippen LogP) is 6.54. The van der Waals surface area contributed by atoms with Crippen molar-refractivity contribution in [3.63, 3.8) is 0 Å². The third-order valence-corrected chi connectivity index (χ3v) is 10.0. The monoisotopic (exact) mass is 451 g/mol. The molecule has 2 nitrogen and oxygen atoms in total. The highest BCUT2D eigenvalue weighted by Crippen LogP contribution is 2.37. The second-order valence-corrected chi connectivity index (χ2v) is 13.4. The number of nitrogens with zero attached hydrogens (tertiary/aromatic N) is 1. The Bertz CT molecular complexity index is 705. The summed E-state index contributed by atoms with van der Waals surface area (Å²) in [4.78, 5) is 4.39. The molecule has 128 valence electrons. The predicted molar refractivity (Wildman–Crippen MR) is 115 cm³/mol. The molecule has 0 saturated carbocycles. The average molecular weight is 451 g/mol. The number of pyridine rings is 1. The Balaban J connectivity index is 2.23. The molecule has 0 bridgehead atoms. The molecule has 24 heavy (non-hydrogen) atoms. The fourth-order valence-corrected chi connectivity index (χ4v) is 3.82. The van der Waals surface area contributed by atoms with E-state index in [0.717, 1.165) is 5.69 Å². The van der Waals surface area contributed by atoms with Crippen molar-refractivity contribution in [3.05, 3.63) is 65.5 Å². The number of hydrogen-bond donors (Lipinski definition) is 0. The molecule has 0 aliphatic heterocycles. The van der Waals surface area contributed by atoms with E-state index < -0.39 is 8.32 Å². The topological polar surface area (TPSA) is 22.1 Å². The minimum absolute atomic E-state index is 0.221. The zero-order chi connectivity index (χ0) is 17.8. The van der Waals surface area contributed by atoms with Crippen molar-refractivity contribution in [1.82, 2.24) is 4.98 Å². The summed E-state index contributed by atoms with van der Waals surface area (Å²) in [6.07, 6.45) is 3.94. The molecule has 0 amide bonds. The number of rotatable bonds is 5. The van der Waals surface area contributed by atoms with Crippen LogP contribution in [0.3, 0.4) is 0 Å². The van der Waals surface area contributed by atoms with Crippen LogP contribution in [-0.2, 0) is 11.0 Å². The first kappa shape index (κ1) is 19.3. The van der Waals surface area contributed by atoms with Crippen LogP contribution >= 0.6 is 22.6 Å². The van der Waals surface area contributed by atoms with Gasteiger partial charge in [-0.1, -0.05) is 51.1 Å². The maximum absolute atomic E-state index is 6.41. The van der Waals surface area contributed by atoms with E-state index in [1.165, 1.54) is 14.7 Å². The summed E-state index contributed by atoms with van der Waals surface area (Å²) in [7, 11) is -1.75. The van der Waals surface area contributed by atoms with Crippen molar-refractivity contribution in [2.75, 3.05) is 0 Å². The molecule has 2 rings (SSSR count). The first-order valence-corrected chi connectivity index (χ1v) is 12.2. The lowest BCUT2D eigenvalue weighted by Crippen LogP contribution is -2.40. The van der Waals surface area contributed by atoms with Gasteiger partial charge in [-0.05, 0) is 70.1 Å². The van der Waals surface area contributed by atoms with Gasteiger partial charge in [0, 0.05) is 9.78 Å². The standard InChI is InChI=1S/C20H26INOSi/c1-20(2,3)24(4,5)23-15-16-10-6-7-12-18(16)19(21)14-17-11-8-9-13-22-17/h6-14H,15H2,1-5H3/b19-14+. The minimum Gasteiger partial charge on any atom is -0.413 e. The van der Waals surface area contributed by atoms with Gasteiger partial charge in [-0.3, -0.25) is 4.98 Å². The van der Waals surface area contributed by atoms with Crippen LogP contribution in [0.2, 0.25) is 18.1 Å². The molecule has 0 spiro atoms. The summed E-state index contributed by atoms with van der Waals surface area (Å²) in [5.74, 6) is 0. The third kappa shape index (κ3) is 5.01. The first-order chi connectivity index (χ1) is 11.2. The van der Waals surface area contributed by atoms with E-state index >= 15 is 0 Å². The molecule has 0 aliphatic carbocycles. The Morgan fingerprint density at radius 3 is 2.42 bits per heavy atom. The van der Waals surface area contributed by atoms with Crippen LogP contribution in [0, 0.1) is 0 Å². The summed E-state index contributed by atoms with van der Waals surface area (Å²) in [6, 6.07) is 14.4. The van der Waals surface area contributed by atoms with E-state index in [1.807, 2.05) is 24.4 Å². The van der Waals surface area contributed by atoms with Crippen molar-refractivity contribution < 1.29 is 4.43 Å². The van der Waals surface area contributed by atoms with Crippen LogP contribution in [0.1, 0.15) is 37.6 Å². The van der Waals surface area contributed by atoms with Crippen LogP contribution in [0.15, 0.2) is 48.7 Å². The van der Waals surface area contributed by atoms with Gasteiger partial charge in [-0.2, -0.15) is 0 Å². The van der Waals surface area contributed by atoms with Gasteiger partial charge in [0.15, 0.2) is 8.32 Å². The zero-order valence-electron chi connectivity index (χ0n) is 15.1. The molecule has 0 radical (unpaired) electrons. The highest BCUT2D eigenvalue weighted by molar-refractivity contribution is 14.1. The second kappa shape index (κ2) is 7.93. The Kier molecular flexibility index (Phi) is 6.39. The van der Waals surface area contributed by atoms with E-state index in [4.69, 9.17) is 4.43 Å². The first-order valence-electron chi connectivity index (χ1n) is 8.21. The number of halogens is 1. The van der Waals surface area contributed by atoms with Gasteiger partial charge >= 0.3 is 0 Å². The molecule has 1 aromatic carbocycles.